The first kappa shape index (κ1) is 38.4. The van der Waals surface area contributed by atoms with E-state index in [9.17, 15) is 0 Å². The monoisotopic (exact) mass is 877 g/mol. The van der Waals surface area contributed by atoms with E-state index in [-0.39, 0.29) is 0 Å². The van der Waals surface area contributed by atoms with Crippen molar-refractivity contribution in [2.24, 2.45) is 0 Å². The van der Waals surface area contributed by atoms with Gasteiger partial charge >= 0.3 is 0 Å². The number of aryl methyl sites for hydroxylation is 1. The average molecular weight is 878 g/mol. The number of rotatable bonds is 5. The molecule has 3 aliphatic rings. The van der Waals surface area contributed by atoms with Crippen molar-refractivity contribution in [2.75, 3.05) is 4.90 Å². The molecule has 3 aliphatic carbocycles. The first-order chi connectivity index (χ1) is 34.2. The van der Waals surface area contributed by atoms with E-state index in [0.29, 0.717) is 0 Å². The summed E-state index contributed by atoms with van der Waals surface area (Å²) in [6.07, 6.45) is 6.80. The summed E-state index contributed by atoms with van der Waals surface area (Å²) in [5, 5.41) is 7.27. The first-order valence-corrected chi connectivity index (χ1v) is 24.2. The van der Waals surface area contributed by atoms with Crippen LogP contribution in [0.2, 0.25) is 0 Å². The van der Waals surface area contributed by atoms with Gasteiger partial charge in [0.1, 0.15) is 11.2 Å². The molecule has 0 atom stereocenters. The molecule has 322 valence electrons. The average Bonchev–Trinajstić information content (AvgIpc) is 4.04. The lowest BCUT2D eigenvalue weighted by atomic mass is 9.70. The Morgan fingerprint density at radius 3 is 1.77 bits per heavy atom. The van der Waals surface area contributed by atoms with E-state index in [1.807, 2.05) is 0 Å². The van der Waals surface area contributed by atoms with Crippen LogP contribution in [0.1, 0.15) is 39.8 Å². The van der Waals surface area contributed by atoms with Crippen molar-refractivity contribution in [3.63, 3.8) is 0 Å². The van der Waals surface area contributed by atoms with Crippen molar-refractivity contribution < 1.29 is 4.42 Å². The third-order valence-electron chi connectivity index (χ3n) is 15.5. The van der Waals surface area contributed by atoms with Gasteiger partial charge in [-0.25, -0.2) is 0 Å². The Balaban J connectivity index is 0.975. The molecule has 0 saturated carbocycles. The topological polar surface area (TPSA) is 16.4 Å². The van der Waals surface area contributed by atoms with Crippen molar-refractivity contribution in [1.82, 2.24) is 0 Å². The normalized spacial score (nSPS) is 13.7. The molecule has 0 N–H and O–H groups in total. The van der Waals surface area contributed by atoms with Crippen molar-refractivity contribution in [2.45, 2.75) is 18.3 Å². The number of nitrogens with zero attached hydrogens (tertiary/aromatic N) is 1. The minimum absolute atomic E-state index is 0.468. The number of allylic oxidation sites excluding steroid dienone is 1. The van der Waals surface area contributed by atoms with Crippen molar-refractivity contribution in [3.8, 4) is 44.5 Å². The number of hydrogen-bond acceptors (Lipinski definition) is 2. The Labute approximate surface area is 400 Å². The summed E-state index contributed by atoms with van der Waals surface area (Å²) >= 11 is 0. The lowest BCUT2D eigenvalue weighted by Crippen LogP contribution is -2.26. The van der Waals surface area contributed by atoms with Gasteiger partial charge in [0, 0.05) is 27.6 Å². The van der Waals surface area contributed by atoms with Gasteiger partial charge in [0.25, 0.3) is 0 Å². The molecule has 1 heterocycles. The number of furan rings is 1. The second-order valence-electron chi connectivity index (χ2n) is 19.0. The van der Waals surface area contributed by atoms with Crippen molar-refractivity contribution in [1.29, 1.82) is 0 Å². The summed E-state index contributed by atoms with van der Waals surface area (Å²) in [6, 6.07) is 83.6. The highest BCUT2D eigenvalue weighted by Gasteiger charge is 2.52. The van der Waals surface area contributed by atoms with Gasteiger partial charge in [-0.2, -0.15) is 0 Å². The highest BCUT2D eigenvalue weighted by Crippen LogP contribution is 2.65. The molecule has 0 saturated heterocycles. The lowest BCUT2D eigenvalue weighted by molar-refractivity contribution is 0.669. The van der Waals surface area contributed by atoms with Crippen LogP contribution in [-0.4, -0.2) is 0 Å². The Bertz CT molecular complexity index is 4100. The van der Waals surface area contributed by atoms with Crippen LogP contribution in [0, 0.1) is 0 Å². The summed E-state index contributed by atoms with van der Waals surface area (Å²) in [5.74, 6) is 0. The molecule has 2 heteroatoms. The number of anilines is 3. The maximum Gasteiger partial charge on any atom is 0.136 e. The SMILES string of the molecule is C1=Cc2c(-c3ccc(N(c4ccccc4-c4ccc5oc6cc7ccccc7cc6c5c4)c4cccc5c4-c4ccccc4C54c5ccccc5-c5ccccc54)cc3)cc3ccccc3c2CC1. The molecule has 2 nitrogen and oxygen atoms in total. The Morgan fingerprint density at radius 2 is 0.986 bits per heavy atom. The smallest absolute Gasteiger partial charge is 0.136 e. The maximum atomic E-state index is 6.54. The second kappa shape index (κ2) is 14.6. The van der Waals surface area contributed by atoms with Crippen LogP contribution in [0.5, 0.6) is 0 Å². The third kappa shape index (κ3) is 5.43. The van der Waals surface area contributed by atoms with E-state index in [1.54, 1.807) is 0 Å². The predicted molar refractivity (Wildman–Crippen MR) is 288 cm³/mol. The van der Waals surface area contributed by atoms with E-state index in [0.717, 1.165) is 63.0 Å². The number of para-hydroxylation sites is 1. The molecule has 1 aromatic heterocycles. The van der Waals surface area contributed by atoms with Crippen LogP contribution in [-0.2, 0) is 11.8 Å². The fourth-order valence-corrected chi connectivity index (χ4v) is 12.6. The minimum atomic E-state index is -0.468. The minimum Gasteiger partial charge on any atom is -0.456 e. The van der Waals surface area contributed by atoms with E-state index >= 15 is 0 Å². The molecule has 1 spiro atoms. The van der Waals surface area contributed by atoms with Gasteiger partial charge in [0.05, 0.1) is 16.8 Å². The fraction of sp³-hybridized carbons (Fsp3) is 0.0448. The van der Waals surface area contributed by atoms with Gasteiger partial charge in [-0.1, -0.05) is 182 Å². The summed E-state index contributed by atoms with van der Waals surface area (Å²) in [7, 11) is 0. The largest absolute Gasteiger partial charge is 0.456 e. The van der Waals surface area contributed by atoms with Crippen LogP contribution < -0.4 is 4.90 Å². The number of hydrogen-bond donors (Lipinski definition) is 0. The molecule has 12 aromatic rings. The summed E-state index contributed by atoms with van der Waals surface area (Å²) in [5.41, 5.74) is 22.7. The van der Waals surface area contributed by atoms with Crippen LogP contribution in [0.3, 0.4) is 0 Å². The van der Waals surface area contributed by atoms with E-state index < -0.39 is 5.41 Å². The van der Waals surface area contributed by atoms with Gasteiger partial charge in [0.2, 0.25) is 0 Å². The Morgan fingerprint density at radius 1 is 0.391 bits per heavy atom. The van der Waals surface area contributed by atoms with E-state index in [4.69, 9.17) is 4.42 Å². The van der Waals surface area contributed by atoms with E-state index in [2.05, 4.69) is 242 Å². The number of fused-ring (bicyclic) bond motifs is 17. The Hall–Kier alpha value is -8.72. The second-order valence-corrected chi connectivity index (χ2v) is 19.0. The van der Waals surface area contributed by atoms with E-state index in [1.165, 1.54) is 88.3 Å². The molecule has 0 fully saturated rings. The molecule has 0 amide bonds. The standard InChI is InChI=1S/C67H43NO/c1-2-17-44-41-65-57(38-43(44)16-1)56-40-46(34-37-64(56)69-65)49-20-10-14-30-62(49)68(47-35-32-42(33-36-47)55-39-45-18-3-4-19-48(45)50-21-5-6-22-51(50)55)63-31-15-29-61-66(63)54-25-9-13-28-60(54)67(61)58-26-11-7-23-52(58)53-24-8-12-27-59(53)67/h1-4,6-20,22-41H,5,21H2. The maximum absolute atomic E-state index is 6.54. The first-order valence-electron chi connectivity index (χ1n) is 24.2. The van der Waals surface area contributed by atoms with Gasteiger partial charge < -0.3 is 9.32 Å². The molecule has 69 heavy (non-hydrogen) atoms. The van der Waals surface area contributed by atoms with Crippen LogP contribution >= 0.6 is 0 Å². The van der Waals surface area contributed by atoms with Crippen LogP contribution in [0.4, 0.5) is 17.1 Å². The van der Waals surface area contributed by atoms with Crippen LogP contribution in [0.25, 0.3) is 94.1 Å². The zero-order valence-corrected chi connectivity index (χ0v) is 37.8. The fourth-order valence-electron chi connectivity index (χ4n) is 12.6. The molecule has 0 radical (unpaired) electrons. The zero-order chi connectivity index (χ0) is 45.2. The quantitative estimate of drug-likeness (QED) is 0.171. The summed E-state index contributed by atoms with van der Waals surface area (Å²) in [6.45, 7) is 0. The van der Waals surface area contributed by atoms with Gasteiger partial charge in [-0.15, -0.1) is 0 Å². The van der Waals surface area contributed by atoms with Gasteiger partial charge in [0.15, 0.2) is 0 Å². The molecular formula is C67H43NO. The zero-order valence-electron chi connectivity index (χ0n) is 37.8. The van der Waals surface area contributed by atoms with Crippen molar-refractivity contribution >= 4 is 66.6 Å². The lowest BCUT2D eigenvalue weighted by Gasteiger charge is -2.32. The molecule has 0 unspecified atom stereocenters. The van der Waals surface area contributed by atoms with Gasteiger partial charge in [-0.3, -0.25) is 0 Å². The molecule has 0 aliphatic heterocycles. The van der Waals surface area contributed by atoms with Gasteiger partial charge in [-0.05, 0) is 156 Å². The molecular weight excluding hydrogens is 835 g/mol. The molecule has 11 aromatic carbocycles. The highest BCUT2D eigenvalue weighted by atomic mass is 16.3. The Kier molecular flexibility index (Phi) is 8.15. The third-order valence-corrected chi connectivity index (χ3v) is 15.5. The summed E-state index contributed by atoms with van der Waals surface area (Å²) < 4.78 is 6.54. The molecule has 15 rings (SSSR count). The molecule has 0 bridgehead atoms. The summed E-state index contributed by atoms with van der Waals surface area (Å²) in [4.78, 5) is 2.53. The van der Waals surface area contributed by atoms with Crippen LogP contribution in [0.15, 0.2) is 235 Å². The van der Waals surface area contributed by atoms with Crippen molar-refractivity contribution in [3.05, 3.63) is 264 Å². The predicted octanol–water partition coefficient (Wildman–Crippen LogP) is 18.0. The highest BCUT2D eigenvalue weighted by molar-refractivity contribution is 6.12. The number of benzene rings is 11.